The van der Waals surface area contributed by atoms with Gasteiger partial charge in [0.1, 0.15) is 0 Å². The maximum absolute atomic E-state index is 3.26. The van der Waals surface area contributed by atoms with Crippen molar-refractivity contribution in [2.24, 2.45) is 0 Å². The molecule has 0 bridgehead atoms. The average molecular weight is 200 g/mol. The molecule has 0 amide bonds. The van der Waals surface area contributed by atoms with Crippen LogP contribution in [0.1, 0.15) is 12.5 Å². The third kappa shape index (κ3) is 2.10. The summed E-state index contributed by atoms with van der Waals surface area (Å²) in [6, 6.07) is 8.74. The predicted octanol–water partition coefficient (Wildman–Crippen LogP) is 2.79. The summed E-state index contributed by atoms with van der Waals surface area (Å²) >= 11 is 0. The Labute approximate surface area is 90.0 Å². The highest BCUT2D eigenvalue weighted by Crippen LogP contribution is 2.18. The van der Waals surface area contributed by atoms with Gasteiger partial charge in [-0.3, -0.25) is 0 Å². The summed E-state index contributed by atoms with van der Waals surface area (Å²) in [5.41, 5.74) is 2.43. The summed E-state index contributed by atoms with van der Waals surface area (Å²) in [6.07, 6.45) is 6.36. The van der Waals surface area contributed by atoms with Gasteiger partial charge in [0.25, 0.3) is 0 Å². The summed E-state index contributed by atoms with van der Waals surface area (Å²) in [5.74, 6) is 0. The maximum atomic E-state index is 3.26. The number of H-pyrrole nitrogens is 1. The highest BCUT2D eigenvalue weighted by molar-refractivity contribution is 5.88. The van der Waals surface area contributed by atoms with Crippen LogP contribution in [0.5, 0.6) is 0 Å². The van der Waals surface area contributed by atoms with Gasteiger partial charge in [-0.2, -0.15) is 0 Å². The van der Waals surface area contributed by atoms with Gasteiger partial charge in [0, 0.05) is 23.1 Å². The number of hydrogen-bond acceptors (Lipinski definition) is 1. The van der Waals surface area contributed by atoms with E-state index in [2.05, 4.69) is 47.6 Å². The van der Waals surface area contributed by atoms with Crippen LogP contribution in [-0.4, -0.2) is 18.1 Å². The van der Waals surface area contributed by atoms with Gasteiger partial charge in [-0.15, -0.1) is 0 Å². The summed E-state index contributed by atoms with van der Waals surface area (Å²) in [6.45, 7) is 2.13. The van der Waals surface area contributed by atoms with Crippen molar-refractivity contribution < 1.29 is 0 Å². The van der Waals surface area contributed by atoms with Gasteiger partial charge >= 0.3 is 0 Å². The maximum Gasteiger partial charge on any atom is 0.0460 e. The van der Waals surface area contributed by atoms with E-state index in [0.717, 1.165) is 0 Å². The fourth-order valence-corrected chi connectivity index (χ4v) is 1.58. The molecule has 2 heteroatoms. The van der Waals surface area contributed by atoms with Gasteiger partial charge in [-0.05, 0) is 25.6 Å². The Morgan fingerprint density at radius 1 is 1.33 bits per heavy atom. The third-order valence-corrected chi connectivity index (χ3v) is 2.64. The first kappa shape index (κ1) is 9.99. The van der Waals surface area contributed by atoms with Gasteiger partial charge in [-0.1, -0.05) is 30.4 Å². The van der Waals surface area contributed by atoms with Gasteiger partial charge in [0.15, 0.2) is 0 Å². The Morgan fingerprint density at radius 3 is 2.93 bits per heavy atom. The van der Waals surface area contributed by atoms with Gasteiger partial charge < -0.3 is 10.3 Å². The zero-order chi connectivity index (χ0) is 10.7. The highest BCUT2D eigenvalue weighted by Gasteiger charge is 1.99. The van der Waals surface area contributed by atoms with Crippen LogP contribution in [-0.2, 0) is 0 Å². The number of nitrogens with one attached hydrogen (secondary N) is 2. The summed E-state index contributed by atoms with van der Waals surface area (Å²) in [4.78, 5) is 3.26. The quantitative estimate of drug-likeness (QED) is 0.783. The first-order valence-electron chi connectivity index (χ1n) is 5.23. The van der Waals surface area contributed by atoms with Crippen molar-refractivity contribution in [3.63, 3.8) is 0 Å². The molecule has 0 aliphatic heterocycles. The molecule has 0 saturated heterocycles. The molecular weight excluding hydrogens is 184 g/mol. The molecule has 0 spiro atoms. The molecule has 0 radical (unpaired) electrons. The largest absolute Gasteiger partial charge is 0.361 e. The lowest BCUT2D eigenvalue weighted by atomic mass is 10.1. The van der Waals surface area contributed by atoms with E-state index in [9.17, 15) is 0 Å². The minimum absolute atomic E-state index is 0.402. The summed E-state index contributed by atoms with van der Waals surface area (Å²) in [5, 5.41) is 4.45. The Balaban J connectivity index is 2.32. The van der Waals surface area contributed by atoms with E-state index in [1.165, 1.54) is 16.5 Å². The van der Waals surface area contributed by atoms with E-state index in [1.54, 1.807) is 0 Å². The minimum atomic E-state index is 0.402. The van der Waals surface area contributed by atoms with Crippen LogP contribution in [0.2, 0.25) is 0 Å². The fourth-order valence-electron chi connectivity index (χ4n) is 1.58. The number of likely N-dealkylation sites (N-methyl/N-ethyl adjacent to an activating group) is 1. The molecule has 0 saturated carbocycles. The first-order chi connectivity index (χ1) is 7.31. The smallest absolute Gasteiger partial charge is 0.0460 e. The second kappa shape index (κ2) is 4.32. The Kier molecular flexibility index (Phi) is 2.88. The van der Waals surface area contributed by atoms with E-state index in [1.807, 2.05) is 19.3 Å². The normalized spacial score (nSPS) is 13.7. The summed E-state index contributed by atoms with van der Waals surface area (Å²) < 4.78 is 0. The molecule has 1 aromatic heterocycles. The monoisotopic (exact) mass is 200 g/mol. The fraction of sp³-hybridized carbons (Fsp3) is 0.231. The van der Waals surface area contributed by atoms with Crippen LogP contribution in [0.25, 0.3) is 17.0 Å². The van der Waals surface area contributed by atoms with Gasteiger partial charge in [0.05, 0.1) is 0 Å². The van der Waals surface area contributed by atoms with Crippen LogP contribution < -0.4 is 5.32 Å². The van der Waals surface area contributed by atoms with Crippen molar-refractivity contribution in [1.82, 2.24) is 10.3 Å². The summed E-state index contributed by atoms with van der Waals surface area (Å²) in [7, 11) is 1.96. The van der Waals surface area contributed by atoms with Crippen molar-refractivity contribution in [3.05, 3.63) is 42.1 Å². The Bertz CT molecular complexity index is 468. The lowest BCUT2D eigenvalue weighted by Crippen LogP contribution is -2.17. The van der Waals surface area contributed by atoms with E-state index in [4.69, 9.17) is 0 Å². The van der Waals surface area contributed by atoms with E-state index >= 15 is 0 Å². The highest BCUT2D eigenvalue weighted by atomic mass is 14.8. The predicted molar refractivity (Wildman–Crippen MR) is 65.9 cm³/mol. The molecule has 0 aliphatic carbocycles. The number of aromatic amines is 1. The molecule has 15 heavy (non-hydrogen) atoms. The van der Waals surface area contributed by atoms with Gasteiger partial charge in [0.2, 0.25) is 0 Å². The van der Waals surface area contributed by atoms with Crippen molar-refractivity contribution >= 4 is 17.0 Å². The van der Waals surface area contributed by atoms with Crippen LogP contribution >= 0.6 is 0 Å². The number of aromatic nitrogens is 1. The molecule has 78 valence electrons. The number of fused-ring (bicyclic) bond motifs is 1. The SMILES string of the molecule is CNC(C)/C=C/c1c[nH]c2ccccc12. The molecule has 1 aromatic carbocycles. The van der Waals surface area contributed by atoms with Crippen LogP contribution in [0.15, 0.2) is 36.5 Å². The standard InChI is InChI=1S/C13H16N2/c1-10(14-2)7-8-11-9-15-13-6-4-3-5-12(11)13/h3-10,14-15H,1-2H3/b8-7+. The van der Waals surface area contributed by atoms with Crippen molar-refractivity contribution in [2.75, 3.05) is 7.05 Å². The molecule has 0 aliphatic rings. The first-order valence-corrected chi connectivity index (χ1v) is 5.23. The van der Waals surface area contributed by atoms with E-state index in [-0.39, 0.29) is 0 Å². The van der Waals surface area contributed by atoms with Crippen molar-refractivity contribution in [1.29, 1.82) is 0 Å². The molecular formula is C13H16N2. The van der Waals surface area contributed by atoms with E-state index < -0.39 is 0 Å². The van der Waals surface area contributed by atoms with E-state index in [0.29, 0.717) is 6.04 Å². The molecule has 2 aromatic rings. The average Bonchev–Trinajstić information content (AvgIpc) is 2.69. The zero-order valence-corrected chi connectivity index (χ0v) is 9.12. The number of para-hydroxylation sites is 1. The number of rotatable bonds is 3. The zero-order valence-electron chi connectivity index (χ0n) is 9.12. The molecule has 1 atom stereocenters. The number of hydrogen-bond donors (Lipinski definition) is 2. The Hall–Kier alpha value is -1.54. The molecule has 2 nitrogen and oxygen atoms in total. The lowest BCUT2D eigenvalue weighted by molar-refractivity contribution is 0.731. The van der Waals surface area contributed by atoms with Crippen LogP contribution in [0.4, 0.5) is 0 Å². The van der Waals surface area contributed by atoms with Gasteiger partial charge in [-0.25, -0.2) is 0 Å². The molecule has 1 heterocycles. The van der Waals surface area contributed by atoms with Crippen LogP contribution in [0.3, 0.4) is 0 Å². The second-order valence-electron chi connectivity index (χ2n) is 3.73. The third-order valence-electron chi connectivity index (χ3n) is 2.64. The Morgan fingerprint density at radius 2 is 2.13 bits per heavy atom. The van der Waals surface area contributed by atoms with Crippen molar-refractivity contribution in [2.45, 2.75) is 13.0 Å². The van der Waals surface area contributed by atoms with Crippen LogP contribution in [0, 0.1) is 0 Å². The second-order valence-corrected chi connectivity index (χ2v) is 3.73. The number of benzene rings is 1. The lowest BCUT2D eigenvalue weighted by Gasteiger charge is -2.01. The molecule has 2 rings (SSSR count). The van der Waals surface area contributed by atoms with Crippen molar-refractivity contribution in [3.8, 4) is 0 Å². The molecule has 1 unspecified atom stereocenters. The minimum Gasteiger partial charge on any atom is -0.361 e. The topological polar surface area (TPSA) is 27.8 Å². The molecule has 0 fully saturated rings. The molecule has 2 N–H and O–H groups in total.